The highest BCUT2D eigenvalue weighted by molar-refractivity contribution is 8.00. The molecule has 12 rings (SSSR count). The quantitative estimate of drug-likeness (QED) is 0.167. The van der Waals surface area contributed by atoms with Gasteiger partial charge >= 0.3 is 0 Å². The van der Waals surface area contributed by atoms with Crippen LogP contribution in [0.25, 0.3) is 40.3 Å². The van der Waals surface area contributed by atoms with E-state index in [-0.39, 0.29) is 6.71 Å². The number of anilines is 5. The van der Waals surface area contributed by atoms with Gasteiger partial charge in [0.05, 0.1) is 11.4 Å². The van der Waals surface area contributed by atoms with Gasteiger partial charge < -0.3 is 9.80 Å². The van der Waals surface area contributed by atoms with E-state index in [1.54, 1.807) is 0 Å². The molecule has 0 saturated carbocycles. The van der Waals surface area contributed by atoms with Crippen LogP contribution in [0.4, 0.5) is 28.4 Å². The van der Waals surface area contributed by atoms with E-state index in [1.165, 1.54) is 106 Å². The molecule has 0 N–H and O–H groups in total. The topological polar surface area (TPSA) is 6.48 Å². The van der Waals surface area contributed by atoms with Crippen molar-refractivity contribution in [3.63, 3.8) is 0 Å². The van der Waals surface area contributed by atoms with E-state index in [2.05, 4.69) is 145 Å². The van der Waals surface area contributed by atoms with Crippen LogP contribution in [-0.2, 0) is 0 Å². The number of fused-ring (bicyclic) bond motifs is 8. The van der Waals surface area contributed by atoms with Crippen molar-refractivity contribution in [2.45, 2.75) is 30.1 Å². The van der Waals surface area contributed by atoms with Crippen molar-refractivity contribution in [1.29, 1.82) is 0 Å². The Hall–Kier alpha value is -4.75. The largest absolute Gasteiger partial charge is 0.314 e. The maximum absolute atomic E-state index is 2.70. The normalized spacial score (nSPS) is 17.0. The molecule has 0 fully saturated rings. The highest BCUT2D eigenvalue weighted by Gasteiger charge is 2.49. The van der Waals surface area contributed by atoms with Gasteiger partial charge in [-0.2, -0.15) is 0 Å². The highest BCUT2D eigenvalue weighted by atomic mass is 32.2. The van der Waals surface area contributed by atoms with Crippen molar-refractivity contribution >= 4 is 126 Å². The van der Waals surface area contributed by atoms with Gasteiger partial charge in [0.2, 0.25) is 0 Å². The maximum Gasteiger partial charge on any atom is 0.255 e. The number of para-hydroxylation sites is 1. The zero-order chi connectivity index (χ0) is 32.8. The molecule has 2 nitrogen and oxygen atoms in total. The van der Waals surface area contributed by atoms with Gasteiger partial charge in [-0.3, -0.25) is 0 Å². The second-order valence-corrected chi connectivity index (χ2v) is 17.5. The van der Waals surface area contributed by atoms with Gasteiger partial charge in [-0.05, 0) is 95.8 Å². The van der Waals surface area contributed by atoms with E-state index in [0.29, 0.717) is 5.92 Å². The average molecular weight is 693 g/mol. The molecule has 236 valence electrons. The van der Waals surface area contributed by atoms with Crippen LogP contribution in [-0.4, -0.2) is 6.71 Å². The van der Waals surface area contributed by atoms with Crippen LogP contribution >= 0.6 is 34.4 Å². The van der Waals surface area contributed by atoms with Gasteiger partial charge in [-0.15, -0.1) is 22.7 Å². The third kappa shape index (κ3) is 3.56. The van der Waals surface area contributed by atoms with E-state index < -0.39 is 0 Å². The maximum atomic E-state index is 2.70. The lowest BCUT2D eigenvalue weighted by Crippen LogP contribution is -2.64. The number of thiophene rings is 2. The minimum absolute atomic E-state index is 0.136. The van der Waals surface area contributed by atoms with Crippen molar-refractivity contribution < 1.29 is 0 Å². The van der Waals surface area contributed by atoms with Gasteiger partial charge in [0, 0.05) is 72.9 Å². The summed E-state index contributed by atoms with van der Waals surface area (Å²) in [7, 11) is 0. The Kier molecular flexibility index (Phi) is 5.57. The summed E-state index contributed by atoms with van der Waals surface area (Å²) in [5.74, 6) is 0.477. The first-order valence-corrected chi connectivity index (χ1v) is 19.9. The molecule has 3 aliphatic heterocycles. The Morgan fingerprint density at radius 2 is 1.22 bits per heavy atom. The van der Waals surface area contributed by atoms with E-state index >= 15 is 0 Å². The predicted molar refractivity (Wildman–Crippen MR) is 220 cm³/mol. The second kappa shape index (κ2) is 9.94. The van der Waals surface area contributed by atoms with E-state index in [0.717, 1.165) is 6.42 Å². The monoisotopic (exact) mass is 692 g/mol. The van der Waals surface area contributed by atoms with Crippen LogP contribution in [0, 0.1) is 12.8 Å². The molecule has 0 amide bonds. The molecule has 1 aliphatic carbocycles. The Morgan fingerprint density at radius 1 is 0.640 bits per heavy atom. The minimum atomic E-state index is 0.136. The molecule has 5 heterocycles. The van der Waals surface area contributed by atoms with Crippen LogP contribution in [0.1, 0.15) is 18.9 Å². The Labute approximate surface area is 303 Å². The molecule has 6 aromatic carbocycles. The van der Waals surface area contributed by atoms with Crippen molar-refractivity contribution in [3.05, 3.63) is 133 Å². The molecule has 0 spiro atoms. The number of allylic oxidation sites excluding steroid dienone is 4. The lowest BCUT2D eigenvalue weighted by atomic mass is 9.33. The standard InChI is InChI=1S/C44H29BN2S3/c1-24-11-10-14-27(19-24)47-31-21-25(2)20-30-40(31)45-41-36(50-37-23-35-39(44(47)42(37)45)29-16-7-9-18-33(29)49-35)22-34-38(28-15-6-8-17-32(28)48-34)43(41)46(30)26-12-4-3-5-13-26/h3-18,20-24H,19H2,1-2H3. The molecule has 4 aliphatic rings. The van der Waals surface area contributed by atoms with Gasteiger partial charge in [-0.25, -0.2) is 0 Å². The number of aryl methyl sites for hydroxylation is 1. The van der Waals surface area contributed by atoms with Crippen molar-refractivity contribution in [3.8, 4) is 0 Å². The lowest BCUT2D eigenvalue weighted by Gasteiger charge is -2.48. The Balaban J connectivity index is 1.30. The fourth-order valence-electron chi connectivity index (χ4n) is 9.26. The molecule has 8 aromatic rings. The average Bonchev–Trinajstić information content (AvgIpc) is 3.69. The molecule has 0 radical (unpaired) electrons. The molecule has 1 unspecified atom stereocenters. The molecule has 6 heteroatoms. The molecule has 0 bridgehead atoms. The Bertz CT molecular complexity index is 2880. The van der Waals surface area contributed by atoms with Crippen LogP contribution in [0.3, 0.4) is 0 Å². The van der Waals surface area contributed by atoms with Crippen molar-refractivity contribution in [2.24, 2.45) is 5.92 Å². The predicted octanol–water partition coefficient (Wildman–Crippen LogP) is 11.4. The SMILES string of the molecule is Cc1cc2c3c(c1)N(c1ccccc1)c1c4c(cc5sc6ccccc6c15)Sc1cc5sc6ccccc6c5c(c1B34)N2C1=CC=CC(C)C1. The van der Waals surface area contributed by atoms with Crippen LogP contribution in [0.5, 0.6) is 0 Å². The van der Waals surface area contributed by atoms with Crippen LogP contribution in [0.2, 0.25) is 0 Å². The molecule has 50 heavy (non-hydrogen) atoms. The number of hydrogen-bond acceptors (Lipinski definition) is 5. The first kappa shape index (κ1) is 28.0. The third-order valence-corrected chi connectivity index (χ3v) is 14.5. The van der Waals surface area contributed by atoms with Crippen LogP contribution in [0.15, 0.2) is 137 Å². The smallest absolute Gasteiger partial charge is 0.255 e. The molecule has 2 aromatic heterocycles. The number of benzene rings is 6. The van der Waals surface area contributed by atoms with Crippen molar-refractivity contribution in [2.75, 3.05) is 9.80 Å². The zero-order valence-corrected chi connectivity index (χ0v) is 30.0. The molecule has 1 atom stereocenters. The summed E-state index contributed by atoms with van der Waals surface area (Å²) in [4.78, 5) is 8.11. The number of rotatable bonds is 2. The fraction of sp³-hybridized carbons (Fsp3) is 0.0909. The summed E-state index contributed by atoms with van der Waals surface area (Å²) in [6, 6.07) is 39.2. The first-order chi connectivity index (χ1) is 24.6. The molecule has 0 saturated heterocycles. The zero-order valence-electron chi connectivity index (χ0n) is 27.5. The Morgan fingerprint density at radius 3 is 1.86 bits per heavy atom. The lowest BCUT2D eigenvalue weighted by molar-refractivity contribution is 0.697. The first-order valence-electron chi connectivity index (χ1n) is 17.4. The van der Waals surface area contributed by atoms with E-state index in [4.69, 9.17) is 0 Å². The summed E-state index contributed by atoms with van der Waals surface area (Å²) < 4.78 is 5.45. The fourth-order valence-corrected chi connectivity index (χ4v) is 12.9. The summed E-state index contributed by atoms with van der Waals surface area (Å²) in [5.41, 5.74) is 13.6. The summed E-state index contributed by atoms with van der Waals surface area (Å²) >= 11 is 5.87. The summed E-state index contributed by atoms with van der Waals surface area (Å²) in [6.07, 6.45) is 8.02. The third-order valence-electron chi connectivity index (χ3n) is 11.1. The second-order valence-electron chi connectivity index (χ2n) is 14.2. The highest BCUT2D eigenvalue weighted by Crippen LogP contribution is 2.55. The van der Waals surface area contributed by atoms with Gasteiger partial charge in [0.1, 0.15) is 0 Å². The summed E-state index contributed by atoms with van der Waals surface area (Å²) in [5, 5.41) is 5.50. The molecular weight excluding hydrogens is 664 g/mol. The van der Waals surface area contributed by atoms with Crippen LogP contribution < -0.4 is 26.2 Å². The van der Waals surface area contributed by atoms with Crippen molar-refractivity contribution in [1.82, 2.24) is 0 Å². The van der Waals surface area contributed by atoms with E-state index in [1.807, 2.05) is 34.4 Å². The van der Waals surface area contributed by atoms with Gasteiger partial charge in [-0.1, -0.05) is 85.4 Å². The molecular formula is C44H29BN2S3. The minimum Gasteiger partial charge on any atom is -0.314 e. The van der Waals surface area contributed by atoms with Gasteiger partial charge in [0.25, 0.3) is 6.71 Å². The number of nitrogens with zero attached hydrogens (tertiary/aromatic N) is 2. The number of hydrogen-bond donors (Lipinski definition) is 0. The summed E-state index contributed by atoms with van der Waals surface area (Å²) in [6.45, 7) is 4.77. The van der Waals surface area contributed by atoms with E-state index in [9.17, 15) is 0 Å². The van der Waals surface area contributed by atoms with Gasteiger partial charge in [0.15, 0.2) is 0 Å².